The molecule has 2 unspecified atom stereocenters. The zero-order chi connectivity index (χ0) is 13.7. The average Bonchev–Trinajstić information content (AvgIpc) is 2.40. The van der Waals surface area contributed by atoms with Gasteiger partial charge in [0, 0.05) is 24.2 Å². The van der Waals surface area contributed by atoms with Crippen LogP contribution in [0.25, 0.3) is 0 Å². The molecule has 0 spiro atoms. The SMILES string of the molecule is CCOC1CCCN(CC(O)c2ccc(Br)cc2)C1. The molecule has 1 heterocycles. The normalized spacial score (nSPS) is 22.4. The van der Waals surface area contributed by atoms with Gasteiger partial charge in [-0.1, -0.05) is 28.1 Å². The number of halogens is 1. The van der Waals surface area contributed by atoms with E-state index in [1.54, 1.807) is 0 Å². The molecule has 0 radical (unpaired) electrons. The molecule has 1 aromatic carbocycles. The van der Waals surface area contributed by atoms with Crippen molar-refractivity contribution in [2.45, 2.75) is 32.0 Å². The van der Waals surface area contributed by atoms with E-state index in [2.05, 4.69) is 20.8 Å². The van der Waals surface area contributed by atoms with E-state index in [0.29, 0.717) is 12.6 Å². The van der Waals surface area contributed by atoms with E-state index in [1.807, 2.05) is 31.2 Å². The average molecular weight is 328 g/mol. The molecule has 1 aliphatic heterocycles. The molecule has 4 heteroatoms. The molecule has 1 aliphatic rings. The highest BCUT2D eigenvalue weighted by atomic mass is 79.9. The molecule has 1 aromatic rings. The smallest absolute Gasteiger partial charge is 0.0916 e. The first-order chi connectivity index (χ1) is 9.19. The van der Waals surface area contributed by atoms with Crippen LogP contribution in [-0.2, 0) is 4.74 Å². The predicted molar refractivity (Wildman–Crippen MR) is 80.2 cm³/mol. The van der Waals surface area contributed by atoms with E-state index in [1.165, 1.54) is 0 Å². The molecular weight excluding hydrogens is 306 g/mol. The van der Waals surface area contributed by atoms with E-state index in [9.17, 15) is 5.11 Å². The molecule has 1 saturated heterocycles. The van der Waals surface area contributed by atoms with E-state index in [4.69, 9.17) is 4.74 Å². The summed E-state index contributed by atoms with van der Waals surface area (Å²) >= 11 is 3.41. The Morgan fingerprint density at radius 2 is 2.16 bits per heavy atom. The summed E-state index contributed by atoms with van der Waals surface area (Å²) in [5, 5.41) is 10.3. The molecule has 19 heavy (non-hydrogen) atoms. The number of ether oxygens (including phenoxy) is 1. The highest BCUT2D eigenvalue weighted by molar-refractivity contribution is 9.10. The second-order valence-electron chi connectivity index (χ2n) is 5.05. The second kappa shape index (κ2) is 7.39. The van der Waals surface area contributed by atoms with Gasteiger partial charge in [-0.15, -0.1) is 0 Å². The fourth-order valence-electron chi connectivity index (χ4n) is 2.59. The Hall–Kier alpha value is -0.420. The van der Waals surface area contributed by atoms with Gasteiger partial charge in [-0.3, -0.25) is 4.90 Å². The quantitative estimate of drug-likeness (QED) is 0.902. The topological polar surface area (TPSA) is 32.7 Å². The molecule has 2 atom stereocenters. The van der Waals surface area contributed by atoms with Crippen molar-refractivity contribution in [2.75, 3.05) is 26.2 Å². The van der Waals surface area contributed by atoms with Crippen LogP contribution in [0.2, 0.25) is 0 Å². The lowest BCUT2D eigenvalue weighted by atomic mass is 10.1. The van der Waals surface area contributed by atoms with Gasteiger partial charge in [0.05, 0.1) is 12.2 Å². The molecule has 2 rings (SSSR count). The number of β-amino-alcohol motifs (C(OH)–C–C–N with tert-alkyl or cyclic N) is 1. The van der Waals surface area contributed by atoms with Crippen LogP contribution in [0.3, 0.4) is 0 Å². The summed E-state index contributed by atoms with van der Waals surface area (Å²) in [5.74, 6) is 0. The molecule has 0 aliphatic carbocycles. The maximum Gasteiger partial charge on any atom is 0.0916 e. The Bertz CT molecular complexity index is 380. The minimum Gasteiger partial charge on any atom is -0.387 e. The number of likely N-dealkylation sites (tertiary alicyclic amines) is 1. The molecule has 106 valence electrons. The number of benzene rings is 1. The Morgan fingerprint density at radius 1 is 1.42 bits per heavy atom. The minimum atomic E-state index is -0.423. The van der Waals surface area contributed by atoms with Crippen molar-refractivity contribution < 1.29 is 9.84 Å². The van der Waals surface area contributed by atoms with Crippen LogP contribution in [0, 0.1) is 0 Å². The highest BCUT2D eigenvalue weighted by Crippen LogP contribution is 2.20. The molecule has 1 fully saturated rings. The second-order valence-corrected chi connectivity index (χ2v) is 5.96. The maximum atomic E-state index is 10.3. The summed E-state index contributed by atoms with van der Waals surface area (Å²) in [6.45, 7) is 5.48. The molecule has 0 aromatic heterocycles. The fraction of sp³-hybridized carbons (Fsp3) is 0.600. The van der Waals surface area contributed by atoms with Crippen molar-refractivity contribution >= 4 is 15.9 Å². The zero-order valence-corrected chi connectivity index (χ0v) is 13.0. The molecule has 0 amide bonds. The number of piperidine rings is 1. The minimum absolute atomic E-state index is 0.330. The Morgan fingerprint density at radius 3 is 2.84 bits per heavy atom. The Balaban J connectivity index is 1.87. The third-order valence-electron chi connectivity index (χ3n) is 3.55. The zero-order valence-electron chi connectivity index (χ0n) is 11.4. The lowest BCUT2D eigenvalue weighted by Gasteiger charge is -2.33. The third-order valence-corrected chi connectivity index (χ3v) is 4.08. The summed E-state index contributed by atoms with van der Waals surface area (Å²) < 4.78 is 6.73. The Kier molecular flexibility index (Phi) is 5.82. The number of rotatable bonds is 5. The molecule has 0 bridgehead atoms. The van der Waals surface area contributed by atoms with Crippen molar-refractivity contribution in [1.82, 2.24) is 4.90 Å². The van der Waals surface area contributed by atoms with E-state index in [-0.39, 0.29) is 0 Å². The van der Waals surface area contributed by atoms with Crippen molar-refractivity contribution in [3.8, 4) is 0 Å². The fourth-order valence-corrected chi connectivity index (χ4v) is 2.85. The summed E-state index contributed by atoms with van der Waals surface area (Å²) in [6.07, 6.45) is 2.19. The first-order valence-corrected chi connectivity index (χ1v) is 7.76. The molecule has 3 nitrogen and oxygen atoms in total. The molecule has 1 N–H and O–H groups in total. The molecular formula is C15H22BrNO2. The maximum absolute atomic E-state index is 10.3. The number of aliphatic hydroxyl groups is 1. The van der Waals surface area contributed by atoms with Gasteiger partial charge in [-0.05, 0) is 44.0 Å². The first-order valence-electron chi connectivity index (χ1n) is 6.96. The summed E-state index contributed by atoms with van der Waals surface area (Å²) in [6, 6.07) is 7.88. The van der Waals surface area contributed by atoms with Gasteiger partial charge >= 0.3 is 0 Å². The van der Waals surface area contributed by atoms with Crippen molar-refractivity contribution in [3.05, 3.63) is 34.3 Å². The van der Waals surface area contributed by atoms with Crippen molar-refractivity contribution in [1.29, 1.82) is 0 Å². The van der Waals surface area contributed by atoms with Gasteiger partial charge in [-0.2, -0.15) is 0 Å². The third kappa shape index (κ3) is 4.56. The van der Waals surface area contributed by atoms with Gasteiger partial charge in [0.1, 0.15) is 0 Å². The van der Waals surface area contributed by atoms with Crippen molar-refractivity contribution in [2.24, 2.45) is 0 Å². The number of hydrogen-bond acceptors (Lipinski definition) is 3. The van der Waals surface area contributed by atoms with Gasteiger partial charge in [0.25, 0.3) is 0 Å². The van der Waals surface area contributed by atoms with Crippen LogP contribution < -0.4 is 0 Å². The van der Waals surface area contributed by atoms with Crippen molar-refractivity contribution in [3.63, 3.8) is 0 Å². The highest BCUT2D eigenvalue weighted by Gasteiger charge is 2.22. The summed E-state index contributed by atoms with van der Waals surface area (Å²) in [4.78, 5) is 2.30. The molecule has 0 saturated carbocycles. The van der Waals surface area contributed by atoms with Gasteiger partial charge in [-0.25, -0.2) is 0 Å². The lowest BCUT2D eigenvalue weighted by Crippen LogP contribution is -2.41. The predicted octanol–water partition coefficient (Wildman–Crippen LogP) is 2.98. The van der Waals surface area contributed by atoms with Gasteiger partial charge in [0.15, 0.2) is 0 Å². The van der Waals surface area contributed by atoms with Crippen LogP contribution >= 0.6 is 15.9 Å². The first kappa shape index (κ1) is 15.0. The van der Waals surface area contributed by atoms with Crippen LogP contribution in [0.15, 0.2) is 28.7 Å². The monoisotopic (exact) mass is 327 g/mol. The summed E-state index contributed by atoms with van der Waals surface area (Å²) in [5.41, 5.74) is 0.974. The number of hydrogen-bond donors (Lipinski definition) is 1. The van der Waals surface area contributed by atoms with Crippen LogP contribution in [0.1, 0.15) is 31.4 Å². The Labute approximate surface area is 123 Å². The van der Waals surface area contributed by atoms with Crippen LogP contribution in [0.5, 0.6) is 0 Å². The van der Waals surface area contributed by atoms with Gasteiger partial charge < -0.3 is 9.84 Å². The summed E-state index contributed by atoms with van der Waals surface area (Å²) in [7, 11) is 0. The number of aliphatic hydroxyl groups excluding tert-OH is 1. The largest absolute Gasteiger partial charge is 0.387 e. The standard InChI is InChI=1S/C15H22BrNO2/c1-2-19-14-4-3-9-17(10-14)11-15(18)12-5-7-13(16)8-6-12/h5-8,14-15,18H,2-4,9-11H2,1H3. The van der Waals surface area contributed by atoms with Gasteiger partial charge in [0.2, 0.25) is 0 Å². The number of nitrogens with zero attached hydrogens (tertiary/aromatic N) is 1. The lowest BCUT2D eigenvalue weighted by molar-refractivity contribution is -0.00705. The van der Waals surface area contributed by atoms with E-state index >= 15 is 0 Å². The van der Waals surface area contributed by atoms with E-state index in [0.717, 1.165) is 42.6 Å². The van der Waals surface area contributed by atoms with Crippen LogP contribution in [0.4, 0.5) is 0 Å². The van der Waals surface area contributed by atoms with E-state index < -0.39 is 6.10 Å². The van der Waals surface area contributed by atoms with Crippen LogP contribution in [-0.4, -0.2) is 42.4 Å².